The first-order chi connectivity index (χ1) is 24.8. The van der Waals surface area contributed by atoms with Crippen LogP contribution in [0.3, 0.4) is 0 Å². The molecule has 4 amide bonds. The van der Waals surface area contributed by atoms with Gasteiger partial charge in [-0.15, -0.1) is 0 Å². The molecule has 0 radical (unpaired) electrons. The third kappa shape index (κ3) is 14.6. The zero-order chi connectivity index (χ0) is 38.6. The minimum atomic E-state index is -1.61. The van der Waals surface area contributed by atoms with Gasteiger partial charge in [-0.3, -0.25) is 14.5 Å². The van der Waals surface area contributed by atoms with Crippen molar-refractivity contribution in [1.29, 1.82) is 0 Å². The number of ether oxygens (including phenoxy) is 2. The fourth-order valence-electron chi connectivity index (χ4n) is 5.88. The average molecular weight is 727 g/mol. The first-order valence-corrected chi connectivity index (χ1v) is 18.7. The summed E-state index contributed by atoms with van der Waals surface area (Å²) in [5, 5.41) is 28.4. The number of nitrogens with two attached hydrogens (primary N) is 1. The van der Waals surface area contributed by atoms with Crippen LogP contribution in [0.2, 0.25) is 0 Å². The van der Waals surface area contributed by atoms with Crippen LogP contribution in [-0.2, 0) is 32.3 Å². The van der Waals surface area contributed by atoms with Gasteiger partial charge in [0.25, 0.3) is 11.8 Å². The quantitative estimate of drug-likeness (QED) is 0.0935. The van der Waals surface area contributed by atoms with Gasteiger partial charge in [-0.2, -0.15) is 0 Å². The first kappa shape index (κ1) is 44.2. The molecule has 0 fully saturated rings. The van der Waals surface area contributed by atoms with E-state index in [1.807, 2.05) is 50.2 Å². The number of benzene rings is 2. The van der Waals surface area contributed by atoms with Gasteiger partial charge in [0.1, 0.15) is 31.4 Å². The second-order valence-corrected chi connectivity index (χ2v) is 14.1. The fraction of sp³-hybridized carbons (Fsp3) is 0.600. The van der Waals surface area contributed by atoms with E-state index in [1.54, 1.807) is 52.0 Å². The van der Waals surface area contributed by atoms with Gasteiger partial charge in [-0.05, 0) is 35.8 Å². The van der Waals surface area contributed by atoms with Crippen LogP contribution in [0.4, 0.5) is 9.59 Å². The molecule has 0 aliphatic carbocycles. The summed E-state index contributed by atoms with van der Waals surface area (Å²) >= 11 is 0. The van der Waals surface area contributed by atoms with E-state index in [4.69, 9.17) is 15.2 Å². The molecule has 0 aliphatic rings. The van der Waals surface area contributed by atoms with Gasteiger partial charge < -0.3 is 36.1 Å². The van der Waals surface area contributed by atoms with Crippen LogP contribution in [0.1, 0.15) is 104 Å². The minimum absolute atomic E-state index is 0.0424. The molecule has 6 N–H and O–H groups in total. The van der Waals surface area contributed by atoms with Crippen molar-refractivity contribution in [2.45, 2.75) is 142 Å². The number of carbonyl (C=O) groups is 4. The normalized spacial score (nSPS) is 14.8. The molecule has 12 nitrogen and oxygen atoms in total. The fourth-order valence-corrected chi connectivity index (χ4v) is 5.88. The molecule has 0 aliphatic heterocycles. The van der Waals surface area contributed by atoms with Gasteiger partial charge in [0.15, 0.2) is 0 Å². The van der Waals surface area contributed by atoms with Gasteiger partial charge in [-0.1, -0.05) is 141 Å². The summed E-state index contributed by atoms with van der Waals surface area (Å²) in [6, 6.07) is 13.5. The predicted molar refractivity (Wildman–Crippen MR) is 201 cm³/mol. The van der Waals surface area contributed by atoms with Crippen molar-refractivity contribution in [2.24, 2.45) is 17.6 Å². The van der Waals surface area contributed by atoms with Crippen molar-refractivity contribution < 1.29 is 38.9 Å². The van der Waals surface area contributed by atoms with E-state index in [2.05, 4.69) is 10.6 Å². The molecule has 0 aromatic heterocycles. The number of aliphatic hydroxyl groups excluding tert-OH is 2. The first-order valence-electron chi connectivity index (χ1n) is 18.7. The lowest BCUT2D eigenvalue weighted by molar-refractivity contribution is -0.158. The molecule has 52 heavy (non-hydrogen) atoms. The molecule has 0 heterocycles. The number of aliphatic hydroxyl groups is 2. The Balaban J connectivity index is 2.52. The number of carbonyl (C=O) groups excluding carboxylic acids is 4. The summed E-state index contributed by atoms with van der Waals surface area (Å²) in [6.45, 7) is 10.8. The topological polar surface area (TPSA) is 181 Å². The maximum Gasteiger partial charge on any atom is 0.408 e. The van der Waals surface area contributed by atoms with E-state index < -0.39 is 72.2 Å². The van der Waals surface area contributed by atoms with Gasteiger partial charge >= 0.3 is 12.2 Å². The Kier molecular flexibility index (Phi) is 20.0. The van der Waals surface area contributed by atoms with E-state index in [9.17, 15) is 29.4 Å². The van der Waals surface area contributed by atoms with Crippen molar-refractivity contribution in [1.82, 2.24) is 15.5 Å². The molecular formula is C40H62N4O8. The highest BCUT2D eigenvalue weighted by atomic mass is 16.6. The third-order valence-electron chi connectivity index (χ3n) is 9.07. The summed E-state index contributed by atoms with van der Waals surface area (Å²) in [5.41, 5.74) is 7.86. The maximum absolute atomic E-state index is 14.7. The highest BCUT2D eigenvalue weighted by Gasteiger charge is 2.45. The molecule has 2 aromatic rings. The SMILES string of the molecule is CCCCC[C@H](N)[C@@H](O)[C@H](O)[C@H](CCCCC)N(C(=O)[C@@H](NC(=O)OCc1ccccc1)C(C)C)C(=O)[C@@H](NC(=O)OCc1ccccc1)C(C)C. The number of nitrogens with one attached hydrogen (secondary N) is 2. The van der Waals surface area contributed by atoms with Crippen LogP contribution >= 0.6 is 0 Å². The van der Waals surface area contributed by atoms with E-state index in [0.717, 1.165) is 48.1 Å². The Bertz CT molecular complexity index is 1260. The Labute approximate surface area is 309 Å². The van der Waals surface area contributed by atoms with E-state index in [-0.39, 0.29) is 19.6 Å². The van der Waals surface area contributed by atoms with Crippen molar-refractivity contribution in [2.75, 3.05) is 0 Å². The summed E-state index contributed by atoms with van der Waals surface area (Å²) in [6.07, 6.45) is 0.402. The minimum Gasteiger partial charge on any atom is -0.445 e. The zero-order valence-corrected chi connectivity index (χ0v) is 31.8. The third-order valence-corrected chi connectivity index (χ3v) is 9.07. The molecule has 2 aromatic carbocycles. The van der Waals surface area contributed by atoms with Crippen LogP contribution in [0.15, 0.2) is 60.7 Å². The van der Waals surface area contributed by atoms with Crippen LogP contribution in [-0.4, -0.2) is 75.5 Å². The summed E-state index contributed by atoms with van der Waals surface area (Å²) in [7, 11) is 0. The smallest absolute Gasteiger partial charge is 0.408 e. The molecule has 0 saturated carbocycles. The predicted octanol–water partition coefficient (Wildman–Crippen LogP) is 5.82. The van der Waals surface area contributed by atoms with Crippen molar-refractivity contribution >= 4 is 24.0 Å². The summed E-state index contributed by atoms with van der Waals surface area (Å²) in [5.74, 6) is -2.67. The Morgan fingerprint density at radius 3 is 1.44 bits per heavy atom. The standard InChI is InChI=1S/C40H62N4O8/c1-7-9-13-23-31(41)35(45)36(46)32(24-14-10-8-2)44(37(47)33(27(3)4)42-39(49)51-25-29-19-15-11-16-20-29)38(48)34(28(5)6)43-40(50)52-26-30-21-17-12-18-22-30/h11-12,15-22,27-28,31-36,45-46H,7-10,13-14,23-26,41H2,1-6H3,(H,42,49)(H,43,50)/t31-,32-,33-,34-,35+,36+/m0/s1. The van der Waals surface area contributed by atoms with Crippen molar-refractivity contribution in [3.05, 3.63) is 71.8 Å². The average Bonchev–Trinajstić information content (AvgIpc) is 3.13. The van der Waals surface area contributed by atoms with Crippen molar-refractivity contribution in [3.63, 3.8) is 0 Å². The van der Waals surface area contributed by atoms with E-state index in [0.29, 0.717) is 12.8 Å². The molecule has 6 atom stereocenters. The van der Waals surface area contributed by atoms with Gasteiger partial charge in [0.2, 0.25) is 0 Å². The number of hydrogen-bond acceptors (Lipinski definition) is 9. The maximum atomic E-state index is 14.7. The number of amides is 4. The van der Waals surface area contributed by atoms with Crippen LogP contribution in [0, 0.1) is 11.8 Å². The van der Waals surface area contributed by atoms with Crippen LogP contribution in [0.25, 0.3) is 0 Å². The monoisotopic (exact) mass is 726 g/mol. The number of rotatable bonds is 22. The molecule has 12 heteroatoms. The van der Waals surface area contributed by atoms with Gasteiger partial charge in [0, 0.05) is 6.04 Å². The number of unbranched alkanes of at least 4 members (excludes halogenated alkanes) is 4. The molecule has 290 valence electrons. The number of nitrogens with zero attached hydrogens (tertiary/aromatic N) is 1. The lowest BCUT2D eigenvalue weighted by atomic mass is 9.89. The Morgan fingerprint density at radius 1 is 0.654 bits per heavy atom. The van der Waals surface area contributed by atoms with Crippen molar-refractivity contribution in [3.8, 4) is 0 Å². The molecule has 0 unspecified atom stereocenters. The van der Waals surface area contributed by atoms with Crippen LogP contribution < -0.4 is 16.4 Å². The second kappa shape index (κ2) is 23.5. The van der Waals surface area contributed by atoms with Gasteiger partial charge in [-0.25, -0.2) is 9.59 Å². The second-order valence-electron chi connectivity index (χ2n) is 14.1. The molecule has 0 spiro atoms. The lowest BCUT2D eigenvalue weighted by Gasteiger charge is -2.40. The molecular weight excluding hydrogens is 664 g/mol. The highest BCUT2D eigenvalue weighted by molar-refractivity contribution is 6.02. The Morgan fingerprint density at radius 2 is 1.06 bits per heavy atom. The summed E-state index contributed by atoms with van der Waals surface area (Å²) in [4.78, 5) is 56.5. The molecule has 2 rings (SSSR count). The largest absolute Gasteiger partial charge is 0.445 e. The zero-order valence-electron chi connectivity index (χ0n) is 31.8. The number of hydrogen-bond donors (Lipinski definition) is 5. The van der Waals surface area contributed by atoms with Gasteiger partial charge in [0.05, 0.1) is 12.1 Å². The highest BCUT2D eigenvalue weighted by Crippen LogP contribution is 2.24. The number of alkyl carbamates (subject to hydrolysis) is 2. The number of imide groups is 1. The molecule has 0 saturated heterocycles. The lowest BCUT2D eigenvalue weighted by Crippen LogP contribution is -2.65. The van der Waals surface area contributed by atoms with Crippen LogP contribution in [0.5, 0.6) is 0 Å². The van der Waals surface area contributed by atoms with E-state index >= 15 is 0 Å². The Hall–Kier alpha value is -4.00. The van der Waals surface area contributed by atoms with E-state index in [1.165, 1.54) is 0 Å². The summed E-state index contributed by atoms with van der Waals surface area (Å²) < 4.78 is 10.8. The molecule has 0 bridgehead atoms.